The van der Waals surface area contributed by atoms with Crippen molar-refractivity contribution < 1.29 is 4.74 Å². The van der Waals surface area contributed by atoms with Crippen LogP contribution in [-0.4, -0.2) is 31.8 Å². The minimum absolute atomic E-state index is 0.174. The van der Waals surface area contributed by atoms with E-state index >= 15 is 0 Å². The molecule has 0 aliphatic carbocycles. The molecule has 0 aromatic carbocycles. The van der Waals surface area contributed by atoms with Gasteiger partial charge in [-0.2, -0.15) is 5.10 Å². The third-order valence-corrected chi connectivity index (χ3v) is 2.95. The van der Waals surface area contributed by atoms with Crippen molar-refractivity contribution in [2.75, 3.05) is 7.11 Å². The Morgan fingerprint density at radius 1 is 1.35 bits per heavy atom. The fraction of sp³-hybridized carbons (Fsp3) is 0.500. The molecule has 0 saturated carbocycles. The van der Waals surface area contributed by atoms with Gasteiger partial charge in [0.1, 0.15) is 18.5 Å². The van der Waals surface area contributed by atoms with Gasteiger partial charge in [-0.3, -0.25) is 16.0 Å². The number of nitrogens with zero attached hydrogens (tertiary/aromatic N) is 5. The Labute approximate surface area is 117 Å². The Morgan fingerprint density at radius 3 is 2.90 bits per heavy atom. The first-order valence-electron chi connectivity index (χ1n) is 6.47. The quantitative estimate of drug-likeness (QED) is 0.551. The number of hydrogen-bond acceptors (Lipinski definition) is 7. The summed E-state index contributed by atoms with van der Waals surface area (Å²) in [4.78, 5) is 12.5. The molecule has 0 amide bonds. The average Bonchev–Trinajstić information content (AvgIpc) is 2.92. The first-order chi connectivity index (χ1) is 9.78. The molecule has 0 saturated heterocycles. The lowest BCUT2D eigenvalue weighted by atomic mass is 10.1. The van der Waals surface area contributed by atoms with Crippen LogP contribution in [0.4, 0.5) is 0 Å². The van der Waals surface area contributed by atoms with Crippen LogP contribution >= 0.6 is 0 Å². The van der Waals surface area contributed by atoms with Crippen LogP contribution in [0.3, 0.4) is 0 Å². The predicted octanol–water partition coefficient (Wildman–Crippen LogP) is 0.234. The van der Waals surface area contributed by atoms with Crippen LogP contribution in [0, 0.1) is 0 Å². The molecule has 3 N–H and O–H groups in total. The monoisotopic (exact) mass is 277 g/mol. The number of nitrogens with two attached hydrogens (primary N) is 1. The Bertz CT molecular complexity index is 542. The van der Waals surface area contributed by atoms with Gasteiger partial charge in [-0.05, 0) is 6.42 Å². The van der Waals surface area contributed by atoms with Gasteiger partial charge in [-0.25, -0.2) is 15.0 Å². The highest BCUT2D eigenvalue weighted by Gasteiger charge is 2.16. The molecule has 0 fully saturated rings. The van der Waals surface area contributed by atoms with E-state index in [1.807, 2.05) is 4.68 Å². The van der Waals surface area contributed by atoms with Gasteiger partial charge in [0.15, 0.2) is 0 Å². The van der Waals surface area contributed by atoms with Crippen molar-refractivity contribution in [1.29, 1.82) is 0 Å². The van der Waals surface area contributed by atoms with Crippen molar-refractivity contribution in [2.24, 2.45) is 5.84 Å². The van der Waals surface area contributed by atoms with Gasteiger partial charge in [-0.1, -0.05) is 6.92 Å². The zero-order valence-electron chi connectivity index (χ0n) is 11.7. The summed E-state index contributed by atoms with van der Waals surface area (Å²) in [6.07, 6.45) is 4.60. The Hall–Kier alpha value is -2.06. The zero-order valence-corrected chi connectivity index (χ0v) is 11.7. The maximum Gasteiger partial charge on any atom is 0.216 e. The molecule has 0 radical (unpaired) electrons. The molecule has 0 aliphatic heterocycles. The third-order valence-electron chi connectivity index (χ3n) is 2.95. The van der Waals surface area contributed by atoms with E-state index < -0.39 is 0 Å². The second-order valence-corrected chi connectivity index (χ2v) is 4.31. The van der Waals surface area contributed by atoms with Gasteiger partial charge in [-0.15, -0.1) is 0 Å². The number of hydrazine groups is 1. The van der Waals surface area contributed by atoms with E-state index in [1.54, 1.807) is 19.5 Å². The van der Waals surface area contributed by atoms with Crippen molar-refractivity contribution >= 4 is 0 Å². The highest BCUT2D eigenvalue weighted by atomic mass is 16.5. The van der Waals surface area contributed by atoms with Crippen LogP contribution in [0.5, 0.6) is 5.88 Å². The Morgan fingerprint density at radius 2 is 2.20 bits per heavy atom. The average molecular weight is 277 g/mol. The number of methoxy groups -OCH3 is 1. The molecule has 1 unspecified atom stereocenters. The van der Waals surface area contributed by atoms with E-state index in [0.717, 1.165) is 24.5 Å². The number of aromatic nitrogens is 5. The van der Waals surface area contributed by atoms with Crippen molar-refractivity contribution in [2.45, 2.75) is 32.4 Å². The van der Waals surface area contributed by atoms with E-state index in [2.05, 4.69) is 32.4 Å². The molecule has 8 nitrogen and oxygen atoms in total. The van der Waals surface area contributed by atoms with Crippen molar-refractivity contribution in [1.82, 2.24) is 30.2 Å². The van der Waals surface area contributed by atoms with E-state index in [1.165, 1.54) is 6.33 Å². The third kappa shape index (κ3) is 3.28. The fourth-order valence-electron chi connectivity index (χ4n) is 1.93. The van der Waals surface area contributed by atoms with Crippen LogP contribution in [-0.2, 0) is 13.0 Å². The standard InChI is InChI=1S/C12H19N7O/c1-3-4-19-11(15-8-17-19)5-10(18-13)9-6-12(20-2)16-7-14-9/h6-8,10,18H,3-5,13H2,1-2H3. The summed E-state index contributed by atoms with van der Waals surface area (Å²) in [6.45, 7) is 2.93. The number of rotatable bonds is 7. The van der Waals surface area contributed by atoms with Gasteiger partial charge < -0.3 is 4.74 Å². The van der Waals surface area contributed by atoms with Gasteiger partial charge in [0.05, 0.1) is 18.8 Å². The summed E-state index contributed by atoms with van der Waals surface area (Å²) in [5.41, 5.74) is 3.51. The largest absolute Gasteiger partial charge is 0.481 e. The van der Waals surface area contributed by atoms with E-state index in [9.17, 15) is 0 Å². The SMILES string of the molecule is CCCn1ncnc1CC(NN)c1cc(OC)ncn1. The lowest BCUT2D eigenvalue weighted by Crippen LogP contribution is -2.31. The van der Waals surface area contributed by atoms with Crippen LogP contribution < -0.4 is 16.0 Å². The molecular weight excluding hydrogens is 258 g/mol. The first kappa shape index (κ1) is 14.4. The number of ether oxygens (including phenoxy) is 1. The van der Waals surface area contributed by atoms with Crippen LogP contribution in [0.1, 0.15) is 30.9 Å². The Kier molecular flexibility index (Phi) is 4.97. The van der Waals surface area contributed by atoms with Crippen LogP contribution in [0.15, 0.2) is 18.7 Å². The lowest BCUT2D eigenvalue weighted by molar-refractivity contribution is 0.393. The number of aryl methyl sites for hydroxylation is 1. The fourth-order valence-corrected chi connectivity index (χ4v) is 1.93. The maximum atomic E-state index is 5.63. The van der Waals surface area contributed by atoms with Crippen molar-refractivity contribution in [3.05, 3.63) is 30.2 Å². The second kappa shape index (κ2) is 6.92. The van der Waals surface area contributed by atoms with Gasteiger partial charge in [0.2, 0.25) is 5.88 Å². The number of nitrogens with one attached hydrogen (secondary N) is 1. The van der Waals surface area contributed by atoms with Crippen LogP contribution in [0.25, 0.3) is 0 Å². The van der Waals surface area contributed by atoms with Crippen LogP contribution in [0.2, 0.25) is 0 Å². The molecular formula is C12H19N7O. The lowest BCUT2D eigenvalue weighted by Gasteiger charge is -2.15. The van der Waals surface area contributed by atoms with E-state index in [-0.39, 0.29) is 6.04 Å². The molecule has 2 rings (SSSR count). The molecule has 0 bridgehead atoms. The molecule has 0 spiro atoms. The minimum atomic E-state index is -0.174. The van der Waals surface area contributed by atoms with Gasteiger partial charge in [0.25, 0.3) is 0 Å². The summed E-state index contributed by atoms with van der Waals surface area (Å²) in [5.74, 6) is 7.00. The topological polar surface area (TPSA) is 104 Å². The molecule has 0 aliphatic rings. The highest BCUT2D eigenvalue weighted by molar-refractivity contribution is 5.17. The summed E-state index contributed by atoms with van der Waals surface area (Å²) < 4.78 is 6.97. The first-order valence-corrected chi connectivity index (χ1v) is 6.47. The summed E-state index contributed by atoms with van der Waals surface area (Å²) in [7, 11) is 1.56. The minimum Gasteiger partial charge on any atom is -0.481 e. The molecule has 2 heterocycles. The molecule has 8 heteroatoms. The number of hydrogen-bond donors (Lipinski definition) is 2. The smallest absolute Gasteiger partial charge is 0.216 e. The summed E-state index contributed by atoms with van der Waals surface area (Å²) >= 11 is 0. The zero-order chi connectivity index (χ0) is 14.4. The summed E-state index contributed by atoms with van der Waals surface area (Å²) in [6, 6.07) is 1.58. The highest BCUT2D eigenvalue weighted by Crippen LogP contribution is 2.17. The van der Waals surface area contributed by atoms with Crippen molar-refractivity contribution in [3.63, 3.8) is 0 Å². The van der Waals surface area contributed by atoms with Gasteiger partial charge in [0, 0.05) is 19.0 Å². The van der Waals surface area contributed by atoms with Gasteiger partial charge >= 0.3 is 0 Å². The van der Waals surface area contributed by atoms with E-state index in [4.69, 9.17) is 10.6 Å². The maximum absolute atomic E-state index is 5.63. The molecule has 108 valence electrons. The van der Waals surface area contributed by atoms with Crippen molar-refractivity contribution in [3.8, 4) is 5.88 Å². The second-order valence-electron chi connectivity index (χ2n) is 4.31. The molecule has 2 aromatic rings. The molecule has 1 atom stereocenters. The normalized spacial score (nSPS) is 12.3. The predicted molar refractivity (Wildman–Crippen MR) is 72.7 cm³/mol. The van der Waals surface area contributed by atoms with E-state index in [0.29, 0.717) is 12.3 Å². The molecule has 2 aromatic heterocycles. The molecule has 20 heavy (non-hydrogen) atoms. The Balaban J connectivity index is 2.17. The summed E-state index contributed by atoms with van der Waals surface area (Å²) in [5, 5.41) is 4.20.